The number of benzene rings is 1. The summed E-state index contributed by atoms with van der Waals surface area (Å²) in [5, 5.41) is 0. The fourth-order valence-electron chi connectivity index (χ4n) is 3.54. The van der Waals surface area contributed by atoms with Crippen LogP contribution in [0.1, 0.15) is 43.9 Å². The number of anilines is 1. The van der Waals surface area contributed by atoms with Gasteiger partial charge in [0.1, 0.15) is 5.82 Å². The molecule has 0 amide bonds. The van der Waals surface area contributed by atoms with E-state index in [1.165, 1.54) is 30.5 Å². The van der Waals surface area contributed by atoms with Crippen LogP contribution in [-0.4, -0.2) is 29.5 Å². The summed E-state index contributed by atoms with van der Waals surface area (Å²) in [6, 6.07) is 15.7. The average Bonchev–Trinajstić information content (AvgIpc) is 3.06. The molecule has 0 radical (unpaired) electrons. The predicted molar refractivity (Wildman–Crippen MR) is 96.6 cm³/mol. The Kier molecular flexibility index (Phi) is 5.29. The second kappa shape index (κ2) is 7.60. The van der Waals surface area contributed by atoms with Gasteiger partial charge in [-0.25, -0.2) is 4.98 Å². The average molecular weight is 309 g/mol. The van der Waals surface area contributed by atoms with Crippen molar-refractivity contribution in [1.29, 1.82) is 0 Å². The lowest BCUT2D eigenvalue weighted by molar-refractivity contribution is 0.248. The maximum atomic E-state index is 4.71. The minimum absolute atomic E-state index is 0.508. The van der Waals surface area contributed by atoms with Crippen molar-refractivity contribution in [1.82, 2.24) is 9.88 Å². The zero-order valence-electron chi connectivity index (χ0n) is 14.3. The van der Waals surface area contributed by atoms with Crippen molar-refractivity contribution < 1.29 is 0 Å². The number of hydrogen-bond donors (Lipinski definition) is 0. The number of nitrogens with zero attached hydrogens (tertiary/aromatic N) is 3. The first-order valence-corrected chi connectivity index (χ1v) is 8.80. The molecule has 1 aliphatic heterocycles. The van der Waals surface area contributed by atoms with E-state index in [0.717, 1.165) is 25.5 Å². The molecule has 0 saturated carbocycles. The minimum atomic E-state index is 0.508. The maximum absolute atomic E-state index is 4.71. The van der Waals surface area contributed by atoms with Gasteiger partial charge in [-0.2, -0.15) is 0 Å². The Hall–Kier alpha value is -1.87. The van der Waals surface area contributed by atoms with Gasteiger partial charge in [0.2, 0.25) is 0 Å². The highest BCUT2D eigenvalue weighted by Gasteiger charge is 2.26. The van der Waals surface area contributed by atoms with Crippen LogP contribution in [0.2, 0.25) is 0 Å². The maximum Gasteiger partial charge on any atom is 0.128 e. The fourth-order valence-corrected chi connectivity index (χ4v) is 3.54. The second-order valence-corrected chi connectivity index (χ2v) is 6.24. The molecule has 0 unspecified atom stereocenters. The van der Waals surface area contributed by atoms with Gasteiger partial charge in [-0.3, -0.25) is 4.90 Å². The van der Waals surface area contributed by atoms with Gasteiger partial charge in [0, 0.05) is 31.9 Å². The van der Waals surface area contributed by atoms with Crippen LogP contribution in [0.3, 0.4) is 0 Å². The number of hydrogen-bond acceptors (Lipinski definition) is 3. The molecule has 0 N–H and O–H groups in total. The van der Waals surface area contributed by atoms with Gasteiger partial charge in [-0.15, -0.1) is 0 Å². The summed E-state index contributed by atoms with van der Waals surface area (Å²) < 4.78 is 0. The Morgan fingerprint density at radius 2 is 1.87 bits per heavy atom. The Balaban J connectivity index is 1.72. The van der Waals surface area contributed by atoms with Crippen LogP contribution in [0.15, 0.2) is 48.7 Å². The zero-order valence-corrected chi connectivity index (χ0v) is 14.3. The summed E-state index contributed by atoms with van der Waals surface area (Å²) >= 11 is 0. The molecule has 3 rings (SSSR count). The molecule has 122 valence electrons. The highest BCUT2D eigenvalue weighted by atomic mass is 15.2. The van der Waals surface area contributed by atoms with Crippen LogP contribution in [0.5, 0.6) is 0 Å². The molecule has 1 fully saturated rings. The summed E-state index contributed by atoms with van der Waals surface area (Å²) in [5.41, 5.74) is 2.75. The monoisotopic (exact) mass is 309 g/mol. The van der Waals surface area contributed by atoms with E-state index in [-0.39, 0.29) is 0 Å². The molecule has 2 heterocycles. The van der Waals surface area contributed by atoms with Crippen molar-refractivity contribution in [3.63, 3.8) is 0 Å². The predicted octanol–water partition coefficient (Wildman–Crippen LogP) is 4.26. The zero-order chi connectivity index (χ0) is 16.1. The standard InChI is InChI=1S/C20H27N3/c1-3-22(4-2)20-13-12-18(15-21-20)19-11-8-14-23(19)16-17-9-6-5-7-10-17/h5-7,9-10,12-13,15,19H,3-4,8,11,14,16H2,1-2H3/t19-/m1/s1. The lowest BCUT2D eigenvalue weighted by atomic mass is 10.1. The highest BCUT2D eigenvalue weighted by molar-refractivity contribution is 5.39. The van der Waals surface area contributed by atoms with Crippen LogP contribution < -0.4 is 4.90 Å². The Morgan fingerprint density at radius 1 is 1.09 bits per heavy atom. The summed E-state index contributed by atoms with van der Waals surface area (Å²) in [5.74, 6) is 1.09. The van der Waals surface area contributed by atoms with E-state index in [2.05, 4.69) is 72.3 Å². The molecular weight excluding hydrogens is 282 g/mol. The van der Waals surface area contributed by atoms with Crippen LogP contribution in [0, 0.1) is 0 Å². The summed E-state index contributed by atoms with van der Waals surface area (Å²) in [6.07, 6.45) is 4.59. The Morgan fingerprint density at radius 3 is 2.52 bits per heavy atom. The van der Waals surface area contributed by atoms with Crippen LogP contribution in [0.25, 0.3) is 0 Å². The van der Waals surface area contributed by atoms with E-state index < -0.39 is 0 Å². The van der Waals surface area contributed by atoms with Crippen molar-refractivity contribution >= 4 is 5.82 Å². The third-order valence-electron chi connectivity index (χ3n) is 4.84. The quantitative estimate of drug-likeness (QED) is 0.794. The first kappa shape index (κ1) is 16.0. The molecule has 1 saturated heterocycles. The SMILES string of the molecule is CCN(CC)c1ccc([C@H]2CCCN2Cc2ccccc2)cn1. The minimum Gasteiger partial charge on any atom is -0.357 e. The molecule has 1 aromatic carbocycles. The number of rotatable bonds is 6. The van der Waals surface area contributed by atoms with Crippen LogP contribution in [-0.2, 0) is 6.54 Å². The summed E-state index contributed by atoms with van der Waals surface area (Å²) in [6.45, 7) is 8.58. The van der Waals surface area contributed by atoms with E-state index in [4.69, 9.17) is 4.98 Å². The third-order valence-corrected chi connectivity index (χ3v) is 4.84. The molecule has 0 bridgehead atoms. The van der Waals surface area contributed by atoms with Crippen molar-refractivity contribution in [3.8, 4) is 0 Å². The van der Waals surface area contributed by atoms with Gasteiger partial charge < -0.3 is 4.90 Å². The van der Waals surface area contributed by atoms with Crippen molar-refractivity contribution in [3.05, 3.63) is 59.8 Å². The molecule has 0 aliphatic carbocycles. The lowest BCUT2D eigenvalue weighted by Gasteiger charge is -2.25. The van der Waals surface area contributed by atoms with Crippen molar-refractivity contribution in [2.45, 2.75) is 39.3 Å². The Labute approximate surface area is 140 Å². The molecule has 2 aromatic rings. The number of likely N-dealkylation sites (tertiary alicyclic amines) is 1. The fraction of sp³-hybridized carbons (Fsp3) is 0.450. The Bertz CT molecular complexity index is 590. The first-order chi connectivity index (χ1) is 11.3. The molecule has 3 nitrogen and oxygen atoms in total. The van der Waals surface area contributed by atoms with Gasteiger partial charge >= 0.3 is 0 Å². The molecule has 1 aliphatic rings. The van der Waals surface area contributed by atoms with Crippen molar-refractivity contribution in [2.24, 2.45) is 0 Å². The summed E-state index contributed by atoms with van der Waals surface area (Å²) in [7, 11) is 0. The molecule has 1 atom stereocenters. The van der Waals surface area contributed by atoms with E-state index in [1.807, 2.05) is 0 Å². The van der Waals surface area contributed by atoms with Crippen LogP contribution in [0.4, 0.5) is 5.82 Å². The van der Waals surface area contributed by atoms with E-state index in [9.17, 15) is 0 Å². The lowest BCUT2D eigenvalue weighted by Crippen LogP contribution is -2.24. The first-order valence-electron chi connectivity index (χ1n) is 8.80. The topological polar surface area (TPSA) is 19.4 Å². The number of aromatic nitrogens is 1. The number of pyridine rings is 1. The molecular formula is C20H27N3. The normalized spacial score (nSPS) is 18.3. The smallest absolute Gasteiger partial charge is 0.128 e. The molecule has 23 heavy (non-hydrogen) atoms. The molecule has 0 spiro atoms. The summed E-state index contributed by atoms with van der Waals surface area (Å²) in [4.78, 5) is 9.58. The van der Waals surface area contributed by atoms with Gasteiger partial charge in [0.15, 0.2) is 0 Å². The molecule has 3 heteroatoms. The second-order valence-electron chi connectivity index (χ2n) is 6.24. The molecule has 1 aromatic heterocycles. The van der Waals surface area contributed by atoms with E-state index in [0.29, 0.717) is 6.04 Å². The van der Waals surface area contributed by atoms with Crippen LogP contribution >= 0.6 is 0 Å². The van der Waals surface area contributed by atoms with E-state index >= 15 is 0 Å². The highest BCUT2D eigenvalue weighted by Crippen LogP contribution is 2.33. The van der Waals surface area contributed by atoms with Crippen molar-refractivity contribution in [2.75, 3.05) is 24.5 Å². The van der Waals surface area contributed by atoms with E-state index in [1.54, 1.807) is 0 Å². The van der Waals surface area contributed by atoms with Gasteiger partial charge in [-0.1, -0.05) is 36.4 Å². The van der Waals surface area contributed by atoms with Gasteiger partial charge in [-0.05, 0) is 50.4 Å². The largest absolute Gasteiger partial charge is 0.357 e. The van der Waals surface area contributed by atoms with Gasteiger partial charge in [0.05, 0.1) is 0 Å². The third kappa shape index (κ3) is 3.73. The van der Waals surface area contributed by atoms with Gasteiger partial charge in [0.25, 0.3) is 0 Å².